The van der Waals surface area contributed by atoms with Gasteiger partial charge in [0.05, 0.1) is 5.57 Å². The van der Waals surface area contributed by atoms with Crippen LogP contribution in [0.25, 0.3) is 5.76 Å². The van der Waals surface area contributed by atoms with Gasteiger partial charge in [-0.15, -0.1) is 0 Å². The molecule has 0 aromatic heterocycles. The van der Waals surface area contributed by atoms with Gasteiger partial charge in [0.25, 0.3) is 0 Å². The molecule has 0 radical (unpaired) electrons. The number of aliphatic imine (C=N–C) groups is 1. The molecule has 1 N–H and O–H groups in total. The third-order valence-electron chi connectivity index (χ3n) is 4.54. The van der Waals surface area contributed by atoms with Crippen molar-refractivity contribution in [3.05, 3.63) is 41.0 Å². The summed E-state index contributed by atoms with van der Waals surface area (Å²) in [6.45, 7) is 2.96. The zero-order chi connectivity index (χ0) is 17.2. The minimum atomic E-state index is -0.126. The zero-order valence-electron chi connectivity index (χ0n) is 14.8. The number of carbonyl (C=O) groups excluding carboxylic acids is 1. The Balaban J connectivity index is 1.63. The molecular weight excluding hydrogens is 298 g/mol. The highest BCUT2D eigenvalue weighted by Crippen LogP contribution is 2.29. The van der Waals surface area contributed by atoms with E-state index >= 15 is 0 Å². The molecule has 3 nitrogen and oxygen atoms in total. The zero-order valence-corrected chi connectivity index (χ0v) is 14.8. The number of hydrogen-bond donors (Lipinski definition) is 1. The van der Waals surface area contributed by atoms with E-state index in [2.05, 4.69) is 11.9 Å². The largest absolute Gasteiger partial charge is 0.506 e. The van der Waals surface area contributed by atoms with Gasteiger partial charge in [0, 0.05) is 23.9 Å². The van der Waals surface area contributed by atoms with Crippen LogP contribution in [0.3, 0.4) is 0 Å². The number of carbonyl (C=O) groups is 1. The van der Waals surface area contributed by atoms with Crippen LogP contribution in [0.5, 0.6) is 0 Å². The Kier molecular flexibility index (Phi) is 7.73. The van der Waals surface area contributed by atoms with E-state index in [0.717, 1.165) is 13.0 Å². The van der Waals surface area contributed by atoms with Gasteiger partial charge in [0.1, 0.15) is 5.76 Å². The van der Waals surface area contributed by atoms with Crippen molar-refractivity contribution in [3.63, 3.8) is 0 Å². The highest BCUT2D eigenvalue weighted by molar-refractivity contribution is 6.30. The molecule has 0 amide bonds. The van der Waals surface area contributed by atoms with Crippen molar-refractivity contribution in [1.82, 2.24) is 0 Å². The Morgan fingerprint density at radius 2 is 1.50 bits per heavy atom. The van der Waals surface area contributed by atoms with Gasteiger partial charge in [-0.2, -0.15) is 0 Å². The smallest absolute Gasteiger partial charge is 0.199 e. The number of aliphatic hydroxyl groups excluding tert-OH is 1. The Labute approximate surface area is 145 Å². The molecule has 0 unspecified atom stereocenters. The van der Waals surface area contributed by atoms with Gasteiger partial charge in [0.2, 0.25) is 0 Å². The molecule has 1 aliphatic rings. The summed E-state index contributed by atoms with van der Waals surface area (Å²) in [5.41, 5.74) is 1.51. The molecule has 1 aromatic rings. The number of fused-ring (bicyclic) bond motifs is 1. The van der Waals surface area contributed by atoms with E-state index in [4.69, 9.17) is 0 Å². The molecule has 0 aliphatic heterocycles. The van der Waals surface area contributed by atoms with Crippen molar-refractivity contribution in [2.75, 3.05) is 6.54 Å². The number of allylic oxidation sites excluding steroid dienone is 1. The maximum Gasteiger partial charge on any atom is 0.199 e. The molecule has 24 heavy (non-hydrogen) atoms. The predicted molar refractivity (Wildman–Crippen MR) is 101 cm³/mol. The number of rotatable bonds is 11. The molecule has 2 rings (SSSR count). The fraction of sp³-hybridized carbons (Fsp3) is 0.524. The average molecular weight is 327 g/mol. The SMILES string of the molecule is CCCCCCCCCCCN=CC1=C(O)c2ccccc2C1=O. The van der Waals surface area contributed by atoms with Crippen molar-refractivity contribution in [3.8, 4) is 0 Å². The maximum atomic E-state index is 12.2. The van der Waals surface area contributed by atoms with Crippen molar-refractivity contribution < 1.29 is 9.90 Å². The average Bonchev–Trinajstić information content (AvgIpc) is 2.84. The normalized spacial score (nSPS) is 14.0. The van der Waals surface area contributed by atoms with E-state index in [0.29, 0.717) is 16.7 Å². The van der Waals surface area contributed by atoms with Crippen LogP contribution in [0.4, 0.5) is 0 Å². The van der Waals surface area contributed by atoms with E-state index in [1.807, 2.05) is 12.1 Å². The van der Waals surface area contributed by atoms with Gasteiger partial charge in [-0.05, 0) is 6.42 Å². The second-order valence-electron chi connectivity index (χ2n) is 6.50. The first kappa shape index (κ1) is 18.4. The first-order chi connectivity index (χ1) is 11.8. The number of benzene rings is 1. The van der Waals surface area contributed by atoms with Crippen LogP contribution in [0.15, 0.2) is 34.8 Å². The lowest BCUT2D eigenvalue weighted by Crippen LogP contribution is -2.00. The fourth-order valence-electron chi connectivity index (χ4n) is 3.07. The second-order valence-corrected chi connectivity index (χ2v) is 6.50. The van der Waals surface area contributed by atoms with E-state index < -0.39 is 0 Å². The highest BCUT2D eigenvalue weighted by atomic mass is 16.3. The van der Waals surface area contributed by atoms with Crippen LogP contribution in [-0.2, 0) is 0 Å². The van der Waals surface area contributed by atoms with Gasteiger partial charge < -0.3 is 5.11 Å². The molecule has 1 aromatic carbocycles. The number of aliphatic hydroxyl groups is 1. The van der Waals surface area contributed by atoms with E-state index in [1.54, 1.807) is 18.3 Å². The van der Waals surface area contributed by atoms with Crippen LogP contribution in [0.1, 0.15) is 80.6 Å². The van der Waals surface area contributed by atoms with Gasteiger partial charge in [-0.3, -0.25) is 9.79 Å². The number of nitrogens with zero attached hydrogens (tertiary/aromatic N) is 1. The fourth-order valence-corrected chi connectivity index (χ4v) is 3.07. The minimum absolute atomic E-state index is 0.0615. The molecule has 130 valence electrons. The van der Waals surface area contributed by atoms with Gasteiger partial charge in [-0.25, -0.2) is 0 Å². The lowest BCUT2D eigenvalue weighted by molar-refractivity contribution is 0.104. The number of hydrogen-bond acceptors (Lipinski definition) is 3. The lowest BCUT2D eigenvalue weighted by Gasteiger charge is -2.00. The summed E-state index contributed by atoms with van der Waals surface area (Å²) in [4.78, 5) is 16.5. The minimum Gasteiger partial charge on any atom is -0.506 e. The Hall–Kier alpha value is -1.90. The molecule has 0 fully saturated rings. The summed E-state index contributed by atoms with van der Waals surface area (Å²) >= 11 is 0. The topological polar surface area (TPSA) is 49.7 Å². The summed E-state index contributed by atoms with van der Waals surface area (Å²) in [5, 5.41) is 10.1. The third kappa shape index (κ3) is 5.05. The number of ketones is 1. The highest BCUT2D eigenvalue weighted by Gasteiger charge is 2.27. The van der Waals surface area contributed by atoms with Crippen LogP contribution >= 0.6 is 0 Å². The summed E-state index contributed by atoms with van der Waals surface area (Å²) in [7, 11) is 0. The number of unbranched alkanes of at least 4 members (excludes halogenated alkanes) is 8. The first-order valence-corrected chi connectivity index (χ1v) is 9.33. The Morgan fingerprint density at radius 3 is 2.12 bits per heavy atom. The summed E-state index contributed by atoms with van der Waals surface area (Å²) in [5.74, 6) is -0.0645. The molecule has 3 heteroatoms. The lowest BCUT2D eigenvalue weighted by atomic mass is 10.1. The van der Waals surface area contributed by atoms with E-state index in [-0.39, 0.29) is 11.5 Å². The summed E-state index contributed by atoms with van der Waals surface area (Å²) in [6.07, 6.45) is 13.1. The van der Waals surface area contributed by atoms with Crippen LogP contribution < -0.4 is 0 Å². The monoisotopic (exact) mass is 327 g/mol. The Morgan fingerprint density at radius 1 is 0.917 bits per heavy atom. The molecule has 0 heterocycles. The van der Waals surface area contributed by atoms with Crippen molar-refractivity contribution >= 4 is 17.8 Å². The third-order valence-corrected chi connectivity index (χ3v) is 4.54. The van der Waals surface area contributed by atoms with Crippen LogP contribution in [0.2, 0.25) is 0 Å². The molecule has 0 spiro atoms. The van der Waals surface area contributed by atoms with Gasteiger partial charge in [-0.1, -0.05) is 82.6 Å². The number of Topliss-reactive ketones (excluding diaryl/α,β-unsaturated/α-hetero) is 1. The first-order valence-electron chi connectivity index (χ1n) is 9.33. The standard InChI is InChI=1S/C21H29NO2/c1-2-3-4-5-6-7-8-9-12-15-22-16-19-20(23)17-13-10-11-14-18(17)21(19)24/h10-11,13-14,16,23H,2-9,12,15H2,1H3. The van der Waals surface area contributed by atoms with Crippen molar-refractivity contribution in [2.45, 2.75) is 64.7 Å². The quantitative estimate of drug-likeness (QED) is 0.415. The predicted octanol–water partition coefficient (Wildman–Crippen LogP) is 5.75. The van der Waals surface area contributed by atoms with E-state index in [9.17, 15) is 9.90 Å². The van der Waals surface area contributed by atoms with Gasteiger partial charge >= 0.3 is 0 Å². The molecular formula is C21H29NO2. The second kappa shape index (κ2) is 10.1. The molecule has 0 atom stereocenters. The Bertz CT molecular complexity index is 602. The molecule has 0 bridgehead atoms. The van der Waals surface area contributed by atoms with Crippen LogP contribution in [-0.4, -0.2) is 23.6 Å². The van der Waals surface area contributed by atoms with Crippen molar-refractivity contribution in [1.29, 1.82) is 0 Å². The molecule has 0 saturated carbocycles. The molecule has 1 aliphatic carbocycles. The van der Waals surface area contributed by atoms with Gasteiger partial charge in [0.15, 0.2) is 5.78 Å². The van der Waals surface area contributed by atoms with Crippen LogP contribution in [0, 0.1) is 0 Å². The molecule has 0 saturated heterocycles. The van der Waals surface area contributed by atoms with Crippen molar-refractivity contribution in [2.24, 2.45) is 4.99 Å². The summed E-state index contributed by atoms with van der Waals surface area (Å²) < 4.78 is 0. The summed E-state index contributed by atoms with van der Waals surface area (Å²) in [6, 6.07) is 7.15. The maximum absolute atomic E-state index is 12.2. The van der Waals surface area contributed by atoms with E-state index in [1.165, 1.54) is 51.4 Å².